The Balaban J connectivity index is 0.000000880. The summed E-state index contributed by atoms with van der Waals surface area (Å²) in [6.07, 6.45) is 13.3. The molecule has 0 heterocycles. The van der Waals surface area contributed by atoms with Crippen LogP contribution >= 0.6 is 0 Å². The highest BCUT2D eigenvalue weighted by Gasteiger charge is 2.57. The normalized spacial score (nSPS) is 48.4. The van der Waals surface area contributed by atoms with E-state index >= 15 is 0 Å². The van der Waals surface area contributed by atoms with Gasteiger partial charge in [-0.15, -0.1) is 0 Å². The molecule has 3 saturated carbocycles. The summed E-state index contributed by atoms with van der Waals surface area (Å²) in [7, 11) is 0. The van der Waals surface area contributed by atoms with Crippen molar-refractivity contribution in [2.45, 2.75) is 91.6 Å². The third-order valence-electron chi connectivity index (χ3n) is 8.73. The van der Waals surface area contributed by atoms with E-state index in [-0.39, 0.29) is 6.10 Å². The molecule has 4 aliphatic rings. The van der Waals surface area contributed by atoms with Crippen LogP contribution in [0.5, 0.6) is 0 Å². The van der Waals surface area contributed by atoms with Gasteiger partial charge < -0.3 is 10.2 Å². The van der Waals surface area contributed by atoms with Crippen LogP contribution in [0.3, 0.4) is 0 Å². The van der Waals surface area contributed by atoms with Crippen molar-refractivity contribution in [3.63, 3.8) is 0 Å². The topological polar surface area (TPSA) is 40.5 Å². The maximum Gasteiger partial charge on any atom is 0.0543 e. The number of aliphatic hydroxyl groups excluding tert-OH is 2. The van der Waals surface area contributed by atoms with E-state index < -0.39 is 0 Å². The predicted molar refractivity (Wildman–Crippen MR) is 104 cm³/mol. The minimum Gasteiger partial charge on any atom is -0.396 e. The SMILES string of the molecule is CC.C[C@]12CC[C@@H](O)CC1CC=C1C2CC[C@]2(C)C(CCO)CCC12. The molecule has 2 heteroatoms. The Morgan fingerprint density at radius 2 is 1.68 bits per heavy atom. The summed E-state index contributed by atoms with van der Waals surface area (Å²) in [6.45, 7) is 9.40. The summed E-state index contributed by atoms with van der Waals surface area (Å²) in [4.78, 5) is 0. The third-order valence-corrected chi connectivity index (χ3v) is 8.73. The third kappa shape index (κ3) is 3.02. The second-order valence-electron chi connectivity index (χ2n) is 9.51. The van der Waals surface area contributed by atoms with Crippen molar-refractivity contribution in [3.05, 3.63) is 11.6 Å². The predicted octanol–water partition coefficient (Wildman–Crippen LogP) is 5.33. The number of hydrogen-bond donors (Lipinski definition) is 2. The zero-order valence-electron chi connectivity index (χ0n) is 16.9. The van der Waals surface area contributed by atoms with E-state index in [0.29, 0.717) is 23.4 Å². The molecule has 0 aromatic heterocycles. The van der Waals surface area contributed by atoms with Crippen LogP contribution in [0.4, 0.5) is 0 Å². The zero-order valence-corrected chi connectivity index (χ0v) is 16.9. The highest BCUT2D eigenvalue weighted by atomic mass is 16.3. The molecule has 0 bridgehead atoms. The molecule has 0 aromatic rings. The van der Waals surface area contributed by atoms with Crippen molar-refractivity contribution in [1.29, 1.82) is 0 Å². The fourth-order valence-corrected chi connectivity index (χ4v) is 7.23. The van der Waals surface area contributed by atoms with Crippen molar-refractivity contribution in [3.8, 4) is 0 Å². The van der Waals surface area contributed by atoms with Crippen LogP contribution in [-0.2, 0) is 0 Å². The van der Waals surface area contributed by atoms with Crippen LogP contribution in [0, 0.1) is 34.5 Å². The smallest absolute Gasteiger partial charge is 0.0543 e. The summed E-state index contributed by atoms with van der Waals surface area (Å²) < 4.78 is 0. The lowest BCUT2D eigenvalue weighted by Gasteiger charge is -2.57. The van der Waals surface area contributed by atoms with Crippen LogP contribution in [-0.4, -0.2) is 22.9 Å². The van der Waals surface area contributed by atoms with Crippen LogP contribution in [0.15, 0.2) is 11.6 Å². The molecule has 0 aromatic carbocycles. The van der Waals surface area contributed by atoms with Crippen LogP contribution < -0.4 is 0 Å². The van der Waals surface area contributed by atoms with E-state index in [9.17, 15) is 10.2 Å². The fourth-order valence-electron chi connectivity index (χ4n) is 7.23. The second kappa shape index (κ2) is 7.35. The molecule has 2 nitrogen and oxygen atoms in total. The minimum absolute atomic E-state index is 0.0581. The molecule has 0 aliphatic heterocycles. The quantitative estimate of drug-likeness (QED) is 0.662. The lowest BCUT2D eigenvalue weighted by molar-refractivity contribution is -0.0407. The van der Waals surface area contributed by atoms with E-state index in [4.69, 9.17) is 0 Å². The Kier molecular flexibility index (Phi) is 5.71. The van der Waals surface area contributed by atoms with E-state index in [1.165, 1.54) is 38.5 Å². The van der Waals surface area contributed by atoms with Gasteiger partial charge in [0.05, 0.1) is 6.10 Å². The first-order valence-electron chi connectivity index (χ1n) is 11.0. The number of allylic oxidation sites excluding steroid dienone is 2. The minimum atomic E-state index is -0.0581. The van der Waals surface area contributed by atoms with Gasteiger partial charge in [0.25, 0.3) is 0 Å². The average Bonchev–Trinajstić information content (AvgIpc) is 2.94. The summed E-state index contributed by atoms with van der Waals surface area (Å²) in [5.74, 6) is 2.94. The van der Waals surface area contributed by atoms with Gasteiger partial charge in [-0.05, 0) is 92.3 Å². The molecule has 0 radical (unpaired) electrons. The molecule has 0 amide bonds. The number of fused-ring (bicyclic) bond motifs is 5. The molecular formula is C23H40O2. The monoisotopic (exact) mass is 348 g/mol. The maximum absolute atomic E-state index is 10.1. The van der Waals surface area contributed by atoms with Crippen LogP contribution in [0.1, 0.15) is 85.5 Å². The molecule has 0 spiro atoms. The van der Waals surface area contributed by atoms with Crippen molar-refractivity contribution in [2.24, 2.45) is 34.5 Å². The van der Waals surface area contributed by atoms with Crippen molar-refractivity contribution >= 4 is 0 Å². The zero-order chi connectivity index (χ0) is 18.2. The molecule has 4 aliphatic carbocycles. The first-order valence-corrected chi connectivity index (χ1v) is 11.0. The van der Waals surface area contributed by atoms with Crippen LogP contribution in [0.25, 0.3) is 0 Å². The van der Waals surface area contributed by atoms with Gasteiger partial charge in [-0.2, -0.15) is 0 Å². The molecule has 7 atom stereocenters. The Labute approximate surface area is 155 Å². The Morgan fingerprint density at radius 3 is 2.40 bits per heavy atom. The first kappa shape index (κ1) is 19.4. The number of aliphatic hydroxyl groups is 2. The molecule has 144 valence electrons. The van der Waals surface area contributed by atoms with E-state index in [1.54, 1.807) is 5.57 Å². The number of hydrogen-bond acceptors (Lipinski definition) is 2. The molecule has 4 rings (SSSR count). The maximum atomic E-state index is 10.1. The molecule has 0 saturated heterocycles. The summed E-state index contributed by atoms with van der Waals surface area (Å²) in [6, 6.07) is 0. The van der Waals surface area contributed by atoms with Crippen molar-refractivity contribution in [2.75, 3.05) is 6.61 Å². The summed E-state index contributed by atoms with van der Waals surface area (Å²) in [5, 5.41) is 19.5. The van der Waals surface area contributed by atoms with Gasteiger partial charge in [0.2, 0.25) is 0 Å². The van der Waals surface area contributed by atoms with Gasteiger partial charge in [-0.3, -0.25) is 0 Å². The highest BCUT2D eigenvalue weighted by molar-refractivity contribution is 5.27. The first-order chi connectivity index (χ1) is 12.0. The largest absolute Gasteiger partial charge is 0.396 e. The summed E-state index contributed by atoms with van der Waals surface area (Å²) in [5.41, 5.74) is 2.65. The Bertz CT molecular complexity index is 498. The lowest BCUT2D eigenvalue weighted by atomic mass is 9.48. The van der Waals surface area contributed by atoms with E-state index in [0.717, 1.165) is 37.0 Å². The highest BCUT2D eigenvalue weighted by Crippen LogP contribution is 2.66. The van der Waals surface area contributed by atoms with Gasteiger partial charge in [0.15, 0.2) is 0 Å². The molecule has 25 heavy (non-hydrogen) atoms. The summed E-state index contributed by atoms with van der Waals surface area (Å²) >= 11 is 0. The molecule has 4 unspecified atom stereocenters. The lowest BCUT2D eigenvalue weighted by Crippen LogP contribution is -2.49. The number of rotatable bonds is 2. The van der Waals surface area contributed by atoms with E-state index in [1.807, 2.05) is 13.8 Å². The van der Waals surface area contributed by atoms with E-state index in [2.05, 4.69) is 19.9 Å². The van der Waals surface area contributed by atoms with Gasteiger partial charge in [0.1, 0.15) is 0 Å². The molecule has 3 fully saturated rings. The fraction of sp³-hybridized carbons (Fsp3) is 0.913. The Morgan fingerprint density at radius 1 is 1.00 bits per heavy atom. The van der Waals surface area contributed by atoms with Crippen LogP contribution in [0.2, 0.25) is 0 Å². The Hall–Kier alpha value is -0.340. The van der Waals surface area contributed by atoms with Gasteiger partial charge in [-0.1, -0.05) is 39.3 Å². The van der Waals surface area contributed by atoms with Gasteiger partial charge in [0, 0.05) is 6.61 Å². The van der Waals surface area contributed by atoms with Gasteiger partial charge in [-0.25, -0.2) is 0 Å². The van der Waals surface area contributed by atoms with Crippen molar-refractivity contribution in [1.82, 2.24) is 0 Å². The molecule has 2 N–H and O–H groups in total. The van der Waals surface area contributed by atoms with Gasteiger partial charge >= 0.3 is 0 Å². The second-order valence-corrected chi connectivity index (χ2v) is 9.51. The average molecular weight is 349 g/mol. The van der Waals surface area contributed by atoms with Crippen molar-refractivity contribution < 1.29 is 10.2 Å². The molecular weight excluding hydrogens is 308 g/mol. The standard InChI is InChI=1S/C21H34O2.C2H6/c1-20-11-8-19-17(18(20)6-4-14(20)9-12-22)5-3-15-13-16(23)7-10-21(15,19)2;1-2/h5,14-16,18-19,22-23H,3-4,6-13H2,1-2H3;1-2H3/t14?,15?,16-,18?,19?,20-,21+;/m1./s1.